The summed E-state index contributed by atoms with van der Waals surface area (Å²) in [5.74, 6) is -0.722. The van der Waals surface area contributed by atoms with E-state index in [-0.39, 0.29) is 11.5 Å². The van der Waals surface area contributed by atoms with Crippen molar-refractivity contribution in [3.63, 3.8) is 0 Å². The molecule has 1 rings (SSSR count). The Labute approximate surface area is 117 Å². The van der Waals surface area contributed by atoms with Gasteiger partial charge in [-0.3, -0.25) is 9.79 Å². The summed E-state index contributed by atoms with van der Waals surface area (Å²) in [4.78, 5) is 15.7. The highest BCUT2D eigenvalue weighted by atomic mass is 19.1. The number of nitrogens with one attached hydrogen (secondary N) is 2. The first-order valence-corrected chi connectivity index (χ1v) is 6.20. The summed E-state index contributed by atoms with van der Waals surface area (Å²) in [6, 6.07) is 5.81. The number of carbonyl (C=O) groups is 1. The first-order chi connectivity index (χ1) is 9.65. The van der Waals surface area contributed by atoms with Crippen molar-refractivity contribution in [2.45, 2.75) is 0 Å². The quantitative estimate of drug-likeness (QED) is 0.376. The van der Waals surface area contributed by atoms with E-state index in [1.807, 2.05) is 0 Å². The van der Waals surface area contributed by atoms with E-state index in [2.05, 4.69) is 15.6 Å². The second-order valence-corrected chi connectivity index (χ2v) is 3.92. The van der Waals surface area contributed by atoms with Crippen LogP contribution in [0.2, 0.25) is 0 Å². The number of hydrogen-bond donors (Lipinski definition) is 3. The number of ether oxygens (including phenoxy) is 1. The molecule has 0 atom stereocenters. The maximum Gasteiger partial charge on any atom is 0.254 e. The molecule has 0 aliphatic rings. The van der Waals surface area contributed by atoms with Gasteiger partial charge in [-0.2, -0.15) is 0 Å². The third kappa shape index (κ3) is 5.66. The normalized spacial score (nSPS) is 11.2. The highest BCUT2D eigenvalue weighted by Crippen LogP contribution is 2.05. The Balaban J connectivity index is 2.26. The third-order valence-corrected chi connectivity index (χ3v) is 2.41. The molecule has 0 saturated heterocycles. The van der Waals surface area contributed by atoms with E-state index in [1.165, 1.54) is 18.2 Å². The second-order valence-electron chi connectivity index (χ2n) is 3.92. The smallest absolute Gasteiger partial charge is 0.254 e. The van der Waals surface area contributed by atoms with Gasteiger partial charge in [0.15, 0.2) is 5.96 Å². The highest BCUT2D eigenvalue weighted by Gasteiger charge is 2.09. The SMILES string of the molecule is COCCN=C(N)NCCNC(=O)c1ccccc1F. The van der Waals surface area contributed by atoms with Crippen molar-refractivity contribution in [3.8, 4) is 0 Å². The molecular formula is C13H19FN4O2. The Morgan fingerprint density at radius 1 is 1.35 bits per heavy atom. The lowest BCUT2D eigenvalue weighted by Gasteiger charge is -2.08. The van der Waals surface area contributed by atoms with Crippen LogP contribution in [0.1, 0.15) is 10.4 Å². The van der Waals surface area contributed by atoms with Gasteiger partial charge in [-0.25, -0.2) is 4.39 Å². The molecule has 0 bridgehead atoms. The summed E-state index contributed by atoms with van der Waals surface area (Å²) in [7, 11) is 1.58. The minimum Gasteiger partial charge on any atom is -0.383 e. The molecule has 0 aliphatic heterocycles. The van der Waals surface area contributed by atoms with Crippen LogP contribution in [0.3, 0.4) is 0 Å². The lowest BCUT2D eigenvalue weighted by molar-refractivity contribution is 0.0950. The van der Waals surface area contributed by atoms with Crippen molar-refractivity contribution in [2.24, 2.45) is 10.7 Å². The minimum absolute atomic E-state index is 0.0224. The van der Waals surface area contributed by atoms with E-state index in [4.69, 9.17) is 10.5 Å². The van der Waals surface area contributed by atoms with Gasteiger partial charge in [-0.15, -0.1) is 0 Å². The number of guanidine groups is 1. The zero-order valence-corrected chi connectivity index (χ0v) is 11.4. The van der Waals surface area contributed by atoms with Crippen molar-refractivity contribution < 1.29 is 13.9 Å². The number of hydrogen-bond acceptors (Lipinski definition) is 3. The van der Waals surface area contributed by atoms with E-state index in [1.54, 1.807) is 13.2 Å². The highest BCUT2D eigenvalue weighted by molar-refractivity contribution is 5.94. The number of carbonyl (C=O) groups excluding carboxylic acids is 1. The van der Waals surface area contributed by atoms with Gasteiger partial charge >= 0.3 is 0 Å². The topological polar surface area (TPSA) is 88.7 Å². The van der Waals surface area contributed by atoms with Crippen LogP contribution in [0.4, 0.5) is 4.39 Å². The molecule has 4 N–H and O–H groups in total. The van der Waals surface area contributed by atoms with E-state index in [0.717, 1.165) is 0 Å². The second kappa shape index (κ2) is 8.87. The van der Waals surface area contributed by atoms with Gasteiger partial charge in [0.25, 0.3) is 5.91 Å². The Hall–Kier alpha value is -2.15. The third-order valence-electron chi connectivity index (χ3n) is 2.41. The summed E-state index contributed by atoms with van der Waals surface area (Å²) in [5.41, 5.74) is 5.60. The molecule has 0 aromatic heterocycles. The van der Waals surface area contributed by atoms with Gasteiger partial charge < -0.3 is 21.1 Å². The first-order valence-electron chi connectivity index (χ1n) is 6.20. The zero-order chi connectivity index (χ0) is 14.8. The van der Waals surface area contributed by atoms with Gasteiger partial charge in [0, 0.05) is 20.2 Å². The zero-order valence-electron chi connectivity index (χ0n) is 11.4. The van der Waals surface area contributed by atoms with Crippen molar-refractivity contribution in [1.29, 1.82) is 0 Å². The Bertz CT molecular complexity index is 465. The van der Waals surface area contributed by atoms with Crippen molar-refractivity contribution >= 4 is 11.9 Å². The molecule has 6 nitrogen and oxygen atoms in total. The van der Waals surface area contributed by atoms with Crippen LogP contribution in [0.25, 0.3) is 0 Å². The molecule has 0 spiro atoms. The number of nitrogens with two attached hydrogens (primary N) is 1. The predicted molar refractivity (Wildman–Crippen MR) is 75.1 cm³/mol. The largest absolute Gasteiger partial charge is 0.383 e. The maximum absolute atomic E-state index is 13.3. The number of rotatable bonds is 7. The molecule has 0 saturated carbocycles. The molecule has 1 aromatic carbocycles. The Morgan fingerprint density at radius 2 is 2.05 bits per heavy atom. The van der Waals surface area contributed by atoms with E-state index in [9.17, 15) is 9.18 Å². The van der Waals surface area contributed by atoms with Crippen molar-refractivity contribution in [2.75, 3.05) is 33.4 Å². The molecule has 7 heteroatoms. The fraction of sp³-hybridized carbons (Fsp3) is 0.385. The number of aliphatic imine (C=N–C) groups is 1. The average molecular weight is 282 g/mol. The average Bonchev–Trinajstić information content (AvgIpc) is 2.44. The molecule has 1 amide bonds. The van der Waals surface area contributed by atoms with Crippen LogP contribution in [0, 0.1) is 5.82 Å². The number of amides is 1. The maximum atomic E-state index is 13.3. The van der Waals surface area contributed by atoms with Gasteiger partial charge in [-0.05, 0) is 12.1 Å². The summed E-state index contributed by atoms with van der Waals surface area (Å²) in [6.45, 7) is 1.68. The fourth-order valence-corrected chi connectivity index (χ4v) is 1.42. The molecule has 0 fully saturated rings. The van der Waals surface area contributed by atoms with Crippen LogP contribution < -0.4 is 16.4 Å². The number of nitrogens with zero attached hydrogens (tertiary/aromatic N) is 1. The molecule has 0 heterocycles. The summed E-state index contributed by atoms with van der Waals surface area (Å²) in [5, 5.41) is 5.41. The molecule has 0 radical (unpaired) electrons. The van der Waals surface area contributed by atoms with Crippen LogP contribution in [0.15, 0.2) is 29.3 Å². The van der Waals surface area contributed by atoms with Gasteiger partial charge in [0.1, 0.15) is 5.82 Å². The molecule has 0 aliphatic carbocycles. The predicted octanol–water partition coefficient (Wildman–Crippen LogP) is 0.106. The Morgan fingerprint density at radius 3 is 2.75 bits per heavy atom. The lowest BCUT2D eigenvalue weighted by atomic mass is 10.2. The minimum atomic E-state index is -0.543. The van der Waals surface area contributed by atoms with Gasteiger partial charge in [0.05, 0.1) is 18.7 Å². The summed E-state index contributed by atoms with van der Waals surface area (Å²) < 4.78 is 18.1. The van der Waals surface area contributed by atoms with Crippen LogP contribution >= 0.6 is 0 Å². The molecule has 1 aromatic rings. The van der Waals surface area contributed by atoms with Crippen molar-refractivity contribution in [3.05, 3.63) is 35.6 Å². The fourth-order valence-electron chi connectivity index (χ4n) is 1.42. The number of methoxy groups -OCH3 is 1. The molecule has 20 heavy (non-hydrogen) atoms. The van der Waals surface area contributed by atoms with Gasteiger partial charge in [0.2, 0.25) is 0 Å². The standard InChI is InChI=1S/C13H19FN4O2/c1-20-9-8-18-13(15)17-7-6-16-12(19)10-4-2-3-5-11(10)14/h2-5H,6-9H2,1H3,(H,16,19)(H3,15,17,18). The van der Waals surface area contributed by atoms with E-state index in [0.29, 0.717) is 26.2 Å². The van der Waals surface area contributed by atoms with Crippen molar-refractivity contribution in [1.82, 2.24) is 10.6 Å². The monoisotopic (exact) mass is 282 g/mol. The Kier molecular flexibility index (Phi) is 7.05. The van der Waals surface area contributed by atoms with Crippen LogP contribution in [-0.2, 0) is 4.74 Å². The summed E-state index contributed by atoms with van der Waals surface area (Å²) in [6.07, 6.45) is 0. The first kappa shape index (κ1) is 15.9. The number of halogens is 1. The lowest BCUT2D eigenvalue weighted by Crippen LogP contribution is -2.38. The molecular weight excluding hydrogens is 263 g/mol. The molecule has 0 unspecified atom stereocenters. The van der Waals surface area contributed by atoms with Gasteiger partial charge in [-0.1, -0.05) is 12.1 Å². The van der Waals surface area contributed by atoms with Crippen LogP contribution in [0.5, 0.6) is 0 Å². The summed E-state index contributed by atoms with van der Waals surface area (Å²) >= 11 is 0. The van der Waals surface area contributed by atoms with E-state index < -0.39 is 11.7 Å². The van der Waals surface area contributed by atoms with Crippen LogP contribution in [-0.4, -0.2) is 45.2 Å². The molecule has 110 valence electrons. The number of benzene rings is 1. The van der Waals surface area contributed by atoms with E-state index >= 15 is 0 Å².